The molecule has 96 valence electrons. The highest BCUT2D eigenvalue weighted by molar-refractivity contribution is 8.00. The maximum Gasteiger partial charge on any atom is 0.260 e. The van der Waals surface area contributed by atoms with Crippen LogP contribution in [0.15, 0.2) is 11.4 Å². The van der Waals surface area contributed by atoms with E-state index in [4.69, 9.17) is 5.73 Å². The fraction of sp³-hybridized carbons (Fsp3) is 0.667. The summed E-state index contributed by atoms with van der Waals surface area (Å²) in [7, 11) is -1.94. The Morgan fingerprint density at radius 1 is 1.71 bits per heavy atom. The fourth-order valence-corrected chi connectivity index (χ4v) is 4.46. The minimum atomic E-state index is -3.55. The second-order valence-electron chi connectivity index (χ2n) is 4.03. The van der Waals surface area contributed by atoms with E-state index in [0.29, 0.717) is 11.8 Å². The number of nitrogens with zero attached hydrogens (tertiary/aromatic N) is 2. The van der Waals surface area contributed by atoms with Crippen LogP contribution in [0.25, 0.3) is 0 Å². The molecule has 0 spiro atoms. The van der Waals surface area contributed by atoms with Gasteiger partial charge in [0.25, 0.3) is 10.0 Å². The van der Waals surface area contributed by atoms with Crippen LogP contribution in [0.3, 0.4) is 0 Å². The number of aromatic nitrogens is 2. The average Bonchev–Trinajstić information content (AvgIpc) is 2.86. The van der Waals surface area contributed by atoms with Crippen molar-refractivity contribution in [3.05, 3.63) is 6.33 Å². The molecule has 0 saturated carbocycles. The molecule has 17 heavy (non-hydrogen) atoms. The van der Waals surface area contributed by atoms with E-state index in [1.54, 1.807) is 7.05 Å². The predicted molar refractivity (Wildman–Crippen MR) is 68.3 cm³/mol. The zero-order valence-electron chi connectivity index (χ0n) is 9.59. The van der Waals surface area contributed by atoms with E-state index in [2.05, 4.69) is 9.71 Å². The van der Waals surface area contributed by atoms with E-state index >= 15 is 0 Å². The molecule has 1 aliphatic rings. The number of rotatable bonds is 4. The molecule has 0 radical (unpaired) electrons. The zero-order valence-corrected chi connectivity index (χ0v) is 11.2. The standard InChI is InChI=1S/C9H16N4O2S2/c1-13-6-11-8(10)9(13)17(14,15)12-5-7-3-2-4-16-7/h6-7,12H,2-5,10H2,1H3. The van der Waals surface area contributed by atoms with Crippen LogP contribution in [-0.2, 0) is 17.1 Å². The molecule has 8 heteroatoms. The molecule has 1 fully saturated rings. The van der Waals surface area contributed by atoms with Crippen LogP contribution in [0.5, 0.6) is 0 Å². The van der Waals surface area contributed by atoms with Gasteiger partial charge in [0.1, 0.15) is 0 Å². The van der Waals surface area contributed by atoms with Crippen molar-refractivity contribution in [2.45, 2.75) is 23.1 Å². The summed E-state index contributed by atoms with van der Waals surface area (Å²) in [5, 5.41) is 0.416. The molecule has 2 rings (SSSR count). The Morgan fingerprint density at radius 3 is 3.00 bits per heavy atom. The Bertz CT molecular complexity index is 472. The van der Waals surface area contributed by atoms with Gasteiger partial charge in [-0.3, -0.25) is 0 Å². The van der Waals surface area contributed by atoms with Crippen molar-refractivity contribution in [2.75, 3.05) is 18.0 Å². The number of nitrogen functional groups attached to an aromatic ring is 1. The second-order valence-corrected chi connectivity index (χ2v) is 7.12. The molecule has 1 unspecified atom stereocenters. The molecule has 1 saturated heterocycles. The Balaban J connectivity index is 2.08. The molecule has 1 aromatic heterocycles. The summed E-state index contributed by atoms with van der Waals surface area (Å²) < 4.78 is 28.1. The molecular weight excluding hydrogens is 260 g/mol. The lowest BCUT2D eigenvalue weighted by atomic mass is 10.2. The smallest absolute Gasteiger partial charge is 0.260 e. The van der Waals surface area contributed by atoms with E-state index in [1.165, 1.54) is 10.9 Å². The normalized spacial score (nSPS) is 20.9. The predicted octanol–water partition coefficient (Wildman–Crippen LogP) is 0.176. The monoisotopic (exact) mass is 276 g/mol. The molecule has 0 amide bonds. The lowest BCUT2D eigenvalue weighted by molar-refractivity contribution is 0.569. The summed E-state index contributed by atoms with van der Waals surface area (Å²) in [4.78, 5) is 3.78. The molecule has 0 aliphatic carbocycles. The molecule has 1 atom stereocenters. The molecule has 0 aromatic carbocycles. The highest BCUT2D eigenvalue weighted by Crippen LogP contribution is 2.26. The number of imidazole rings is 1. The van der Waals surface area contributed by atoms with Gasteiger partial charge in [0.15, 0.2) is 10.8 Å². The van der Waals surface area contributed by atoms with Crippen LogP contribution in [0.1, 0.15) is 12.8 Å². The molecule has 6 nitrogen and oxygen atoms in total. The van der Waals surface area contributed by atoms with Crippen LogP contribution in [0, 0.1) is 0 Å². The Kier molecular flexibility index (Phi) is 3.64. The highest BCUT2D eigenvalue weighted by atomic mass is 32.2. The van der Waals surface area contributed by atoms with Gasteiger partial charge in [-0.1, -0.05) is 0 Å². The van der Waals surface area contributed by atoms with Crippen molar-refractivity contribution in [2.24, 2.45) is 7.05 Å². The maximum absolute atomic E-state index is 12.0. The summed E-state index contributed by atoms with van der Waals surface area (Å²) in [6.07, 6.45) is 3.62. The van der Waals surface area contributed by atoms with Crippen LogP contribution in [0.4, 0.5) is 5.82 Å². The topological polar surface area (TPSA) is 90.0 Å². The van der Waals surface area contributed by atoms with Gasteiger partial charge < -0.3 is 10.3 Å². The molecule has 1 aromatic rings. The lowest BCUT2D eigenvalue weighted by Gasteiger charge is -2.11. The van der Waals surface area contributed by atoms with Crippen molar-refractivity contribution in [1.82, 2.24) is 14.3 Å². The van der Waals surface area contributed by atoms with Crippen LogP contribution in [0.2, 0.25) is 0 Å². The number of hydrogen-bond donors (Lipinski definition) is 2. The Labute approximate surface area is 105 Å². The van der Waals surface area contributed by atoms with E-state index in [-0.39, 0.29) is 10.8 Å². The fourth-order valence-electron chi connectivity index (χ4n) is 1.84. The van der Waals surface area contributed by atoms with E-state index < -0.39 is 10.0 Å². The third-order valence-corrected chi connectivity index (χ3v) is 5.64. The molecule has 0 bridgehead atoms. The summed E-state index contributed by atoms with van der Waals surface area (Å²) in [6.45, 7) is 0.456. The van der Waals surface area contributed by atoms with Gasteiger partial charge in [-0.05, 0) is 18.6 Å². The first-order valence-corrected chi connectivity index (χ1v) is 7.92. The van der Waals surface area contributed by atoms with Gasteiger partial charge in [0.05, 0.1) is 6.33 Å². The first-order valence-electron chi connectivity index (χ1n) is 5.39. The zero-order chi connectivity index (χ0) is 12.5. The largest absolute Gasteiger partial charge is 0.381 e. The average molecular weight is 276 g/mol. The lowest BCUT2D eigenvalue weighted by Crippen LogP contribution is -2.31. The SMILES string of the molecule is Cn1cnc(N)c1S(=O)(=O)NCC1CCCS1. The van der Waals surface area contributed by atoms with Gasteiger partial charge in [-0.15, -0.1) is 0 Å². The van der Waals surface area contributed by atoms with Crippen LogP contribution < -0.4 is 10.5 Å². The third kappa shape index (κ3) is 2.75. The minimum Gasteiger partial charge on any atom is -0.381 e. The number of anilines is 1. The van der Waals surface area contributed by atoms with Crippen molar-refractivity contribution < 1.29 is 8.42 Å². The summed E-state index contributed by atoms with van der Waals surface area (Å²) >= 11 is 1.81. The third-order valence-electron chi connectivity index (χ3n) is 2.69. The Hall–Kier alpha value is -0.730. The molecular formula is C9H16N4O2S2. The summed E-state index contributed by atoms with van der Waals surface area (Å²) in [6, 6.07) is 0. The van der Waals surface area contributed by atoms with E-state index in [9.17, 15) is 8.42 Å². The first-order chi connectivity index (χ1) is 8.00. The van der Waals surface area contributed by atoms with E-state index in [0.717, 1.165) is 18.6 Å². The number of aryl methyl sites for hydroxylation is 1. The van der Waals surface area contributed by atoms with Crippen molar-refractivity contribution in [3.8, 4) is 0 Å². The number of sulfonamides is 1. The van der Waals surface area contributed by atoms with Gasteiger partial charge in [-0.2, -0.15) is 11.8 Å². The maximum atomic E-state index is 12.0. The van der Waals surface area contributed by atoms with Gasteiger partial charge in [0, 0.05) is 18.8 Å². The number of nitrogens with one attached hydrogen (secondary N) is 1. The summed E-state index contributed by atoms with van der Waals surface area (Å²) in [5.74, 6) is 1.15. The molecule has 3 N–H and O–H groups in total. The van der Waals surface area contributed by atoms with E-state index in [1.807, 2.05) is 11.8 Å². The van der Waals surface area contributed by atoms with Crippen LogP contribution in [-0.4, -0.2) is 35.5 Å². The van der Waals surface area contributed by atoms with Crippen molar-refractivity contribution >= 4 is 27.6 Å². The number of nitrogens with two attached hydrogens (primary N) is 1. The molecule has 2 heterocycles. The van der Waals surface area contributed by atoms with Crippen LogP contribution >= 0.6 is 11.8 Å². The van der Waals surface area contributed by atoms with Gasteiger partial charge >= 0.3 is 0 Å². The first kappa shape index (κ1) is 12.7. The van der Waals surface area contributed by atoms with Crippen molar-refractivity contribution in [3.63, 3.8) is 0 Å². The highest BCUT2D eigenvalue weighted by Gasteiger charge is 2.24. The summed E-state index contributed by atoms with van der Waals surface area (Å²) in [5.41, 5.74) is 5.55. The quantitative estimate of drug-likeness (QED) is 0.818. The number of hydrogen-bond acceptors (Lipinski definition) is 5. The van der Waals surface area contributed by atoms with Gasteiger partial charge in [-0.25, -0.2) is 18.1 Å². The van der Waals surface area contributed by atoms with Crippen molar-refractivity contribution in [1.29, 1.82) is 0 Å². The Morgan fingerprint density at radius 2 is 2.47 bits per heavy atom. The molecule has 1 aliphatic heterocycles. The van der Waals surface area contributed by atoms with Gasteiger partial charge in [0.2, 0.25) is 0 Å². The minimum absolute atomic E-state index is 0.0408. The number of thioether (sulfide) groups is 1. The second kappa shape index (κ2) is 4.87.